The number of aryl methyl sites for hydroxylation is 1. The molecule has 1 fully saturated rings. The minimum Gasteiger partial charge on any atom is -0.497 e. The molecular formula is C20H29N3O2. The van der Waals surface area contributed by atoms with Gasteiger partial charge in [-0.05, 0) is 50.8 Å². The lowest BCUT2D eigenvalue weighted by Gasteiger charge is -2.21. The fourth-order valence-electron chi connectivity index (χ4n) is 3.91. The number of nitrogens with zero attached hydrogens (tertiary/aromatic N) is 3. The second kappa shape index (κ2) is 7.58. The fourth-order valence-corrected chi connectivity index (χ4v) is 3.91. The molecule has 0 bridgehead atoms. The Balaban J connectivity index is 1.72. The van der Waals surface area contributed by atoms with E-state index in [-0.39, 0.29) is 6.61 Å². The molecule has 1 aliphatic heterocycles. The van der Waals surface area contributed by atoms with Crippen LogP contribution in [0.4, 0.5) is 0 Å². The molecule has 1 aromatic heterocycles. The van der Waals surface area contributed by atoms with Gasteiger partial charge in [0.05, 0.1) is 26.0 Å². The van der Waals surface area contributed by atoms with Gasteiger partial charge in [-0.1, -0.05) is 12.1 Å². The summed E-state index contributed by atoms with van der Waals surface area (Å²) in [5, 5.41) is 13.8. The minimum atomic E-state index is 0.126. The van der Waals surface area contributed by atoms with E-state index < -0.39 is 0 Å². The standard InChI is InChI=1S/C20H29N3O2/c1-14-11-18(17-5-7-19(25-4)8-6-17)12-22(14)13-20-15(2)21-23(9-10-24)16(20)3/h5-8,14,18,24H,9-13H2,1-4H3. The first kappa shape index (κ1) is 18.0. The first-order valence-corrected chi connectivity index (χ1v) is 9.05. The van der Waals surface area contributed by atoms with E-state index in [4.69, 9.17) is 4.74 Å². The van der Waals surface area contributed by atoms with Crippen LogP contribution in [0, 0.1) is 13.8 Å². The number of benzene rings is 1. The summed E-state index contributed by atoms with van der Waals surface area (Å²) in [5.41, 5.74) is 4.94. The molecule has 2 aromatic rings. The van der Waals surface area contributed by atoms with Gasteiger partial charge in [0, 0.05) is 30.4 Å². The van der Waals surface area contributed by atoms with Gasteiger partial charge in [0.25, 0.3) is 0 Å². The van der Waals surface area contributed by atoms with Crippen LogP contribution in [0.1, 0.15) is 41.8 Å². The van der Waals surface area contributed by atoms with Crippen LogP contribution < -0.4 is 4.74 Å². The van der Waals surface area contributed by atoms with Crippen LogP contribution in [0.25, 0.3) is 0 Å². The maximum atomic E-state index is 9.19. The number of likely N-dealkylation sites (tertiary alicyclic amines) is 1. The van der Waals surface area contributed by atoms with Crippen molar-refractivity contribution in [1.29, 1.82) is 0 Å². The molecule has 1 aliphatic rings. The third kappa shape index (κ3) is 3.72. The highest BCUT2D eigenvalue weighted by atomic mass is 16.5. The number of methoxy groups -OCH3 is 1. The number of hydrogen-bond acceptors (Lipinski definition) is 4. The van der Waals surface area contributed by atoms with Crippen molar-refractivity contribution in [2.75, 3.05) is 20.3 Å². The average Bonchev–Trinajstić information content (AvgIpc) is 3.10. The van der Waals surface area contributed by atoms with Crippen LogP contribution >= 0.6 is 0 Å². The second-order valence-corrected chi connectivity index (χ2v) is 7.08. The molecule has 25 heavy (non-hydrogen) atoms. The number of aliphatic hydroxyl groups excluding tert-OH is 1. The average molecular weight is 343 g/mol. The quantitative estimate of drug-likeness (QED) is 0.876. The molecule has 2 unspecified atom stereocenters. The Morgan fingerprint density at radius 1 is 1.24 bits per heavy atom. The maximum absolute atomic E-state index is 9.19. The van der Waals surface area contributed by atoms with Gasteiger partial charge >= 0.3 is 0 Å². The number of ether oxygens (including phenoxy) is 1. The van der Waals surface area contributed by atoms with Gasteiger partial charge in [-0.3, -0.25) is 9.58 Å². The third-order valence-electron chi connectivity index (χ3n) is 5.50. The Labute approximate surface area is 150 Å². The highest BCUT2D eigenvalue weighted by molar-refractivity contribution is 5.31. The van der Waals surface area contributed by atoms with Gasteiger partial charge in [0.2, 0.25) is 0 Å². The molecule has 0 amide bonds. The van der Waals surface area contributed by atoms with Crippen molar-refractivity contribution in [3.05, 3.63) is 46.8 Å². The lowest BCUT2D eigenvalue weighted by atomic mass is 9.97. The summed E-state index contributed by atoms with van der Waals surface area (Å²) >= 11 is 0. The topological polar surface area (TPSA) is 50.5 Å². The van der Waals surface area contributed by atoms with Crippen molar-refractivity contribution in [3.63, 3.8) is 0 Å². The number of rotatable bonds is 6. The van der Waals surface area contributed by atoms with Crippen molar-refractivity contribution in [2.45, 2.75) is 52.2 Å². The van der Waals surface area contributed by atoms with E-state index in [2.05, 4.69) is 55.0 Å². The molecule has 1 saturated heterocycles. The number of aromatic nitrogens is 2. The van der Waals surface area contributed by atoms with Gasteiger partial charge in [-0.25, -0.2) is 0 Å². The highest BCUT2D eigenvalue weighted by Gasteiger charge is 2.31. The molecule has 2 heterocycles. The zero-order valence-corrected chi connectivity index (χ0v) is 15.7. The molecule has 0 aliphatic carbocycles. The van der Waals surface area contributed by atoms with E-state index in [0.717, 1.165) is 24.5 Å². The van der Waals surface area contributed by atoms with Gasteiger partial charge < -0.3 is 9.84 Å². The summed E-state index contributed by atoms with van der Waals surface area (Å²) in [6, 6.07) is 9.03. The fraction of sp³-hybridized carbons (Fsp3) is 0.550. The lowest BCUT2D eigenvalue weighted by Crippen LogP contribution is -2.27. The molecule has 0 saturated carbocycles. The SMILES string of the molecule is COc1ccc(C2CC(C)N(Cc3c(C)nn(CCO)c3C)C2)cc1. The number of aliphatic hydroxyl groups is 1. The molecular weight excluding hydrogens is 314 g/mol. The van der Waals surface area contributed by atoms with Crippen molar-refractivity contribution in [3.8, 4) is 5.75 Å². The first-order chi connectivity index (χ1) is 12.0. The summed E-state index contributed by atoms with van der Waals surface area (Å²) in [7, 11) is 1.70. The second-order valence-electron chi connectivity index (χ2n) is 7.08. The van der Waals surface area contributed by atoms with Crippen molar-refractivity contribution in [1.82, 2.24) is 14.7 Å². The normalized spacial score (nSPS) is 21.0. The molecule has 3 rings (SSSR count). The molecule has 1 aromatic carbocycles. The summed E-state index contributed by atoms with van der Waals surface area (Å²) in [5.74, 6) is 1.48. The Hall–Kier alpha value is -1.85. The van der Waals surface area contributed by atoms with Crippen LogP contribution in [-0.4, -0.2) is 46.1 Å². The Bertz CT molecular complexity index is 708. The van der Waals surface area contributed by atoms with Crippen LogP contribution in [0.3, 0.4) is 0 Å². The summed E-state index contributed by atoms with van der Waals surface area (Å²) in [4.78, 5) is 2.55. The maximum Gasteiger partial charge on any atom is 0.118 e. The van der Waals surface area contributed by atoms with Crippen LogP contribution in [0.15, 0.2) is 24.3 Å². The van der Waals surface area contributed by atoms with E-state index in [9.17, 15) is 5.11 Å². The molecule has 0 spiro atoms. The van der Waals surface area contributed by atoms with Gasteiger partial charge in [-0.2, -0.15) is 5.10 Å². The summed E-state index contributed by atoms with van der Waals surface area (Å²) in [6.07, 6.45) is 1.18. The molecule has 5 nitrogen and oxygen atoms in total. The Morgan fingerprint density at radius 2 is 1.96 bits per heavy atom. The first-order valence-electron chi connectivity index (χ1n) is 9.05. The van der Waals surface area contributed by atoms with Crippen molar-refractivity contribution >= 4 is 0 Å². The third-order valence-corrected chi connectivity index (χ3v) is 5.50. The zero-order chi connectivity index (χ0) is 18.0. The van der Waals surface area contributed by atoms with Crippen molar-refractivity contribution < 1.29 is 9.84 Å². The Kier molecular flexibility index (Phi) is 5.45. The minimum absolute atomic E-state index is 0.126. The van der Waals surface area contributed by atoms with Crippen LogP contribution in [0.2, 0.25) is 0 Å². The molecule has 136 valence electrons. The summed E-state index contributed by atoms with van der Waals surface area (Å²) in [6.45, 7) is 9.17. The van der Waals surface area contributed by atoms with Gasteiger partial charge in [0.15, 0.2) is 0 Å². The van der Waals surface area contributed by atoms with Gasteiger partial charge in [-0.15, -0.1) is 0 Å². The molecule has 2 atom stereocenters. The number of hydrogen-bond donors (Lipinski definition) is 1. The van der Waals surface area contributed by atoms with Crippen LogP contribution in [-0.2, 0) is 13.1 Å². The largest absolute Gasteiger partial charge is 0.497 e. The molecule has 5 heteroatoms. The van der Waals surface area contributed by atoms with E-state index in [0.29, 0.717) is 18.5 Å². The molecule has 1 N–H and O–H groups in total. The van der Waals surface area contributed by atoms with Crippen LogP contribution in [0.5, 0.6) is 5.75 Å². The molecule has 0 radical (unpaired) electrons. The predicted molar refractivity (Wildman–Crippen MR) is 99.0 cm³/mol. The van der Waals surface area contributed by atoms with Crippen molar-refractivity contribution in [2.24, 2.45) is 0 Å². The lowest BCUT2D eigenvalue weighted by molar-refractivity contribution is 0.256. The monoisotopic (exact) mass is 343 g/mol. The van der Waals surface area contributed by atoms with E-state index >= 15 is 0 Å². The highest BCUT2D eigenvalue weighted by Crippen LogP contribution is 2.34. The van der Waals surface area contributed by atoms with E-state index in [1.165, 1.54) is 23.2 Å². The predicted octanol–water partition coefficient (Wildman–Crippen LogP) is 2.88. The smallest absolute Gasteiger partial charge is 0.118 e. The van der Waals surface area contributed by atoms with E-state index in [1.807, 2.05) is 4.68 Å². The van der Waals surface area contributed by atoms with Gasteiger partial charge in [0.1, 0.15) is 5.75 Å². The zero-order valence-electron chi connectivity index (χ0n) is 15.7. The summed E-state index contributed by atoms with van der Waals surface area (Å²) < 4.78 is 7.19. The van der Waals surface area contributed by atoms with E-state index in [1.54, 1.807) is 7.11 Å². The Morgan fingerprint density at radius 3 is 2.60 bits per heavy atom.